The average Bonchev–Trinajstić information content (AvgIpc) is 2.61. The highest BCUT2D eigenvalue weighted by atomic mass is 16.5. The smallest absolute Gasteiger partial charge is 0.341 e. The Balaban J connectivity index is 1.59. The monoisotopic (exact) mass is 311 g/mol. The molecule has 0 spiro atoms. The molecule has 1 aromatic heterocycles. The molecule has 5 heteroatoms. The van der Waals surface area contributed by atoms with Gasteiger partial charge in [-0.05, 0) is 30.9 Å². The lowest BCUT2D eigenvalue weighted by molar-refractivity contribution is 0.0512. The van der Waals surface area contributed by atoms with Gasteiger partial charge in [-0.15, -0.1) is 0 Å². The van der Waals surface area contributed by atoms with Crippen molar-refractivity contribution in [2.75, 3.05) is 24.6 Å². The van der Waals surface area contributed by atoms with Crippen molar-refractivity contribution in [2.45, 2.75) is 26.2 Å². The highest BCUT2D eigenvalue weighted by Crippen LogP contribution is 2.26. The summed E-state index contributed by atoms with van der Waals surface area (Å²) >= 11 is 0. The molecule has 0 aliphatic carbocycles. The maximum Gasteiger partial charge on any atom is 0.341 e. The Morgan fingerprint density at radius 2 is 2.22 bits per heavy atom. The number of benzene rings is 1. The lowest BCUT2D eigenvalue weighted by Gasteiger charge is -2.31. The summed E-state index contributed by atoms with van der Waals surface area (Å²) in [6.45, 7) is 4.04. The number of carbonyl (C=O) groups excluding carboxylic acids is 1. The highest BCUT2D eigenvalue weighted by molar-refractivity contribution is 5.90. The lowest BCUT2D eigenvalue weighted by atomic mass is 10.0. The molecule has 2 aromatic rings. The predicted octanol–water partition coefficient (Wildman–Crippen LogP) is 2.65. The molecule has 0 saturated carbocycles. The van der Waals surface area contributed by atoms with E-state index in [1.54, 1.807) is 0 Å². The van der Waals surface area contributed by atoms with Gasteiger partial charge in [0.1, 0.15) is 12.9 Å². The topological polar surface area (TPSA) is 55.3 Å². The molecular weight excluding hydrogens is 290 g/mol. The van der Waals surface area contributed by atoms with Gasteiger partial charge >= 0.3 is 5.97 Å². The zero-order valence-corrected chi connectivity index (χ0v) is 13.4. The van der Waals surface area contributed by atoms with E-state index in [1.165, 1.54) is 23.8 Å². The summed E-state index contributed by atoms with van der Waals surface area (Å²) in [7, 11) is 0. The molecule has 3 rings (SSSR count). The zero-order valence-electron chi connectivity index (χ0n) is 13.4. The first kappa shape index (κ1) is 15.5. The molecular formula is C18H21N3O2. The summed E-state index contributed by atoms with van der Waals surface area (Å²) in [5, 5.41) is 0. The van der Waals surface area contributed by atoms with Gasteiger partial charge in [-0.1, -0.05) is 25.1 Å². The molecule has 1 aromatic carbocycles. The van der Waals surface area contributed by atoms with Crippen LogP contribution in [0, 0.1) is 0 Å². The lowest BCUT2D eigenvalue weighted by Crippen LogP contribution is -2.33. The number of nitrogens with zero attached hydrogens (tertiary/aromatic N) is 3. The van der Waals surface area contributed by atoms with E-state index in [2.05, 4.69) is 39.1 Å². The van der Waals surface area contributed by atoms with Gasteiger partial charge in [-0.3, -0.25) is 0 Å². The van der Waals surface area contributed by atoms with Crippen molar-refractivity contribution in [3.8, 4) is 0 Å². The van der Waals surface area contributed by atoms with Gasteiger partial charge in [0, 0.05) is 18.4 Å². The van der Waals surface area contributed by atoms with Crippen LogP contribution in [0.3, 0.4) is 0 Å². The number of ether oxygens (including phenoxy) is 1. The second kappa shape index (κ2) is 7.22. The van der Waals surface area contributed by atoms with Crippen LogP contribution in [0.2, 0.25) is 0 Å². The number of hydrogen-bond acceptors (Lipinski definition) is 5. The van der Waals surface area contributed by atoms with Gasteiger partial charge in [0.15, 0.2) is 0 Å². The SMILES string of the molecule is CCc1ncncc1C(=O)OCCN1CCCc2ccccc21. The van der Waals surface area contributed by atoms with Crippen molar-refractivity contribution < 1.29 is 9.53 Å². The molecule has 23 heavy (non-hydrogen) atoms. The minimum Gasteiger partial charge on any atom is -0.460 e. The van der Waals surface area contributed by atoms with Gasteiger partial charge in [-0.25, -0.2) is 14.8 Å². The number of hydrogen-bond donors (Lipinski definition) is 0. The van der Waals surface area contributed by atoms with Crippen LogP contribution in [-0.4, -0.2) is 35.6 Å². The van der Waals surface area contributed by atoms with Gasteiger partial charge < -0.3 is 9.64 Å². The van der Waals surface area contributed by atoms with Crippen molar-refractivity contribution in [3.05, 3.63) is 53.6 Å². The summed E-state index contributed by atoms with van der Waals surface area (Å²) in [5.74, 6) is -0.340. The fourth-order valence-corrected chi connectivity index (χ4v) is 2.98. The second-order valence-corrected chi connectivity index (χ2v) is 5.59. The fraction of sp³-hybridized carbons (Fsp3) is 0.389. The van der Waals surface area contributed by atoms with Crippen LogP contribution < -0.4 is 4.90 Å². The van der Waals surface area contributed by atoms with E-state index in [1.807, 2.05) is 6.92 Å². The molecule has 5 nitrogen and oxygen atoms in total. The molecule has 1 aliphatic rings. The predicted molar refractivity (Wildman–Crippen MR) is 88.7 cm³/mol. The molecule has 120 valence electrons. The summed E-state index contributed by atoms with van der Waals surface area (Å²) < 4.78 is 5.43. The largest absolute Gasteiger partial charge is 0.460 e. The van der Waals surface area contributed by atoms with Crippen molar-refractivity contribution in [1.29, 1.82) is 0 Å². The fourth-order valence-electron chi connectivity index (χ4n) is 2.98. The Bertz CT molecular complexity index is 687. The number of anilines is 1. The van der Waals surface area contributed by atoms with E-state index in [-0.39, 0.29) is 5.97 Å². The van der Waals surface area contributed by atoms with Crippen molar-refractivity contribution in [1.82, 2.24) is 9.97 Å². The maximum atomic E-state index is 12.2. The molecule has 0 unspecified atom stereocenters. The molecule has 0 atom stereocenters. The Hall–Kier alpha value is -2.43. The van der Waals surface area contributed by atoms with Gasteiger partial charge in [0.25, 0.3) is 0 Å². The second-order valence-electron chi connectivity index (χ2n) is 5.59. The Kier molecular flexibility index (Phi) is 4.86. The van der Waals surface area contributed by atoms with E-state index in [0.717, 1.165) is 25.1 Å². The maximum absolute atomic E-state index is 12.2. The van der Waals surface area contributed by atoms with Crippen LogP contribution in [0.25, 0.3) is 0 Å². The standard InChI is InChI=1S/C18H21N3O2/c1-2-16-15(12-19-13-20-16)18(22)23-11-10-21-9-5-7-14-6-3-4-8-17(14)21/h3-4,6,8,12-13H,2,5,7,9-11H2,1H3. The number of fused-ring (bicyclic) bond motifs is 1. The number of aryl methyl sites for hydroxylation is 2. The number of aromatic nitrogens is 2. The number of carbonyl (C=O) groups is 1. The number of esters is 1. The van der Waals surface area contributed by atoms with Crippen molar-refractivity contribution in [3.63, 3.8) is 0 Å². The minimum absolute atomic E-state index is 0.340. The molecule has 2 heterocycles. The van der Waals surface area contributed by atoms with Crippen LogP contribution in [-0.2, 0) is 17.6 Å². The van der Waals surface area contributed by atoms with E-state index in [4.69, 9.17) is 4.74 Å². The van der Waals surface area contributed by atoms with Gasteiger partial charge in [-0.2, -0.15) is 0 Å². The molecule has 1 aliphatic heterocycles. The molecule has 0 fully saturated rings. The third-order valence-electron chi connectivity index (χ3n) is 4.15. The van der Waals surface area contributed by atoms with Crippen LogP contribution in [0.4, 0.5) is 5.69 Å². The minimum atomic E-state index is -0.340. The quantitative estimate of drug-likeness (QED) is 0.795. The van der Waals surface area contributed by atoms with Gasteiger partial charge in [0.05, 0.1) is 17.8 Å². The molecule has 0 bridgehead atoms. The van der Waals surface area contributed by atoms with E-state index in [0.29, 0.717) is 25.1 Å². The third kappa shape index (κ3) is 3.50. The normalized spacial score (nSPS) is 13.5. The Labute approximate surface area is 136 Å². The summed E-state index contributed by atoms with van der Waals surface area (Å²) in [4.78, 5) is 22.5. The number of para-hydroxylation sites is 1. The number of rotatable bonds is 5. The molecule has 0 N–H and O–H groups in total. The first-order valence-corrected chi connectivity index (χ1v) is 8.08. The van der Waals surface area contributed by atoms with Crippen LogP contribution in [0.1, 0.15) is 35.0 Å². The van der Waals surface area contributed by atoms with Crippen LogP contribution in [0.5, 0.6) is 0 Å². The Morgan fingerprint density at radius 1 is 1.35 bits per heavy atom. The first-order valence-electron chi connectivity index (χ1n) is 8.08. The van der Waals surface area contributed by atoms with Crippen molar-refractivity contribution >= 4 is 11.7 Å². The zero-order chi connectivity index (χ0) is 16.1. The average molecular weight is 311 g/mol. The molecule has 0 amide bonds. The van der Waals surface area contributed by atoms with Crippen LogP contribution in [0.15, 0.2) is 36.8 Å². The first-order chi connectivity index (χ1) is 11.3. The van der Waals surface area contributed by atoms with Gasteiger partial charge in [0.2, 0.25) is 0 Å². The van der Waals surface area contributed by atoms with E-state index < -0.39 is 0 Å². The van der Waals surface area contributed by atoms with Crippen LogP contribution >= 0.6 is 0 Å². The van der Waals surface area contributed by atoms with Crippen molar-refractivity contribution in [2.24, 2.45) is 0 Å². The highest BCUT2D eigenvalue weighted by Gasteiger charge is 2.17. The summed E-state index contributed by atoms with van der Waals surface area (Å²) in [6, 6.07) is 8.43. The summed E-state index contributed by atoms with van der Waals surface area (Å²) in [5.41, 5.74) is 3.82. The Morgan fingerprint density at radius 3 is 3.09 bits per heavy atom. The third-order valence-corrected chi connectivity index (χ3v) is 4.15. The van der Waals surface area contributed by atoms with E-state index >= 15 is 0 Å². The molecule has 0 radical (unpaired) electrons. The van der Waals surface area contributed by atoms with E-state index in [9.17, 15) is 4.79 Å². The molecule has 0 saturated heterocycles. The summed E-state index contributed by atoms with van der Waals surface area (Å²) in [6.07, 6.45) is 5.93.